The van der Waals surface area contributed by atoms with Gasteiger partial charge in [-0.3, -0.25) is 0 Å². The molecule has 1 aliphatic heterocycles. The number of morpholine rings is 1. The number of rotatable bonds is 2. The van der Waals surface area contributed by atoms with Gasteiger partial charge in [0.25, 0.3) is 0 Å². The van der Waals surface area contributed by atoms with E-state index in [-0.39, 0.29) is 5.97 Å². The second-order valence-corrected chi connectivity index (χ2v) is 3.77. The maximum atomic E-state index is 11.4. The fraction of sp³-hybridized carbons (Fsp3) is 0.455. The van der Waals surface area contributed by atoms with E-state index < -0.39 is 6.10 Å². The van der Waals surface area contributed by atoms with Crippen molar-refractivity contribution >= 4 is 17.5 Å². The van der Waals surface area contributed by atoms with Gasteiger partial charge in [0.2, 0.25) is 0 Å². The van der Waals surface area contributed by atoms with E-state index >= 15 is 0 Å². The highest BCUT2D eigenvalue weighted by Crippen LogP contribution is 2.19. The molecule has 0 aliphatic carbocycles. The Kier molecular flexibility index (Phi) is 3.43. The zero-order chi connectivity index (χ0) is 12.3. The van der Waals surface area contributed by atoms with Crippen LogP contribution in [-0.2, 0) is 14.3 Å². The molecule has 92 valence electrons. The van der Waals surface area contributed by atoms with E-state index in [1.165, 1.54) is 7.11 Å². The van der Waals surface area contributed by atoms with Gasteiger partial charge >= 0.3 is 5.97 Å². The summed E-state index contributed by atoms with van der Waals surface area (Å²) in [5, 5.41) is 0. The molecule has 0 bridgehead atoms. The first-order valence-electron chi connectivity index (χ1n) is 5.36. The van der Waals surface area contributed by atoms with Crippen molar-refractivity contribution in [2.24, 2.45) is 0 Å². The van der Waals surface area contributed by atoms with Gasteiger partial charge in [-0.15, -0.1) is 0 Å². The standard InChI is InChI=1S/C11H15N3O3/c1-16-11(15)9-7-14(4-5-17-9)8-2-3-13-10(12)6-8/h2-3,6,9H,4-5,7H2,1H3,(H2,12,13). The Morgan fingerprint density at radius 3 is 3.24 bits per heavy atom. The molecule has 1 fully saturated rings. The van der Waals surface area contributed by atoms with Crippen LogP contribution in [0.4, 0.5) is 11.5 Å². The van der Waals surface area contributed by atoms with Crippen molar-refractivity contribution in [1.82, 2.24) is 4.98 Å². The molecule has 17 heavy (non-hydrogen) atoms. The Hall–Kier alpha value is -1.82. The molecule has 2 rings (SSSR count). The van der Waals surface area contributed by atoms with Crippen LogP contribution in [0.2, 0.25) is 0 Å². The summed E-state index contributed by atoms with van der Waals surface area (Å²) in [7, 11) is 1.36. The molecule has 1 aromatic heterocycles. The van der Waals surface area contributed by atoms with E-state index in [1.54, 1.807) is 12.3 Å². The van der Waals surface area contributed by atoms with Crippen molar-refractivity contribution < 1.29 is 14.3 Å². The average molecular weight is 237 g/mol. The van der Waals surface area contributed by atoms with Crippen LogP contribution < -0.4 is 10.6 Å². The quantitative estimate of drug-likeness (QED) is 0.732. The Morgan fingerprint density at radius 2 is 2.53 bits per heavy atom. The van der Waals surface area contributed by atoms with Crippen LogP contribution in [-0.4, -0.2) is 43.9 Å². The molecule has 0 spiro atoms. The van der Waals surface area contributed by atoms with Crippen LogP contribution in [0, 0.1) is 0 Å². The van der Waals surface area contributed by atoms with Gasteiger partial charge in [-0.25, -0.2) is 9.78 Å². The Labute approximate surface area is 99.3 Å². The SMILES string of the molecule is COC(=O)C1CN(c2ccnc(N)c2)CCO1. The second-order valence-electron chi connectivity index (χ2n) is 3.77. The van der Waals surface area contributed by atoms with E-state index in [0.29, 0.717) is 19.0 Å². The fourth-order valence-corrected chi connectivity index (χ4v) is 1.79. The number of aromatic nitrogens is 1. The molecule has 1 atom stereocenters. The number of pyridine rings is 1. The zero-order valence-electron chi connectivity index (χ0n) is 9.63. The molecule has 0 saturated carbocycles. The third-order valence-electron chi connectivity index (χ3n) is 2.66. The molecule has 0 amide bonds. The first-order chi connectivity index (χ1) is 8.20. The molecular formula is C11H15N3O3. The first kappa shape index (κ1) is 11.7. The lowest BCUT2D eigenvalue weighted by atomic mass is 10.2. The molecule has 6 nitrogen and oxygen atoms in total. The normalized spacial score (nSPS) is 20.1. The van der Waals surface area contributed by atoms with E-state index in [4.69, 9.17) is 10.5 Å². The monoisotopic (exact) mass is 237 g/mol. The summed E-state index contributed by atoms with van der Waals surface area (Å²) in [4.78, 5) is 17.4. The number of nitrogens with two attached hydrogens (primary N) is 1. The number of carbonyl (C=O) groups excluding carboxylic acids is 1. The van der Waals surface area contributed by atoms with Crippen molar-refractivity contribution in [3.63, 3.8) is 0 Å². The van der Waals surface area contributed by atoms with E-state index in [0.717, 1.165) is 12.2 Å². The number of esters is 1. The second kappa shape index (κ2) is 5.01. The van der Waals surface area contributed by atoms with Gasteiger partial charge in [0.15, 0.2) is 6.10 Å². The predicted molar refractivity (Wildman–Crippen MR) is 62.6 cm³/mol. The van der Waals surface area contributed by atoms with Crippen LogP contribution in [0.25, 0.3) is 0 Å². The van der Waals surface area contributed by atoms with Crippen LogP contribution in [0.3, 0.4) is 0 Å². The third-order valence-corrected chi connectivity index (χ3v) is 2.66. The van der Waals surface area contributed by atoms with Crippen LogP contribution in [0.1, 0.15) is 0 Å². The smallest absolute Gasteiger partial charge is 0.336 e. The number of anilines is 2. The van der Waals surface area contributed by atoms with E-state index in [1.807, 2.05) is 11.0 Å². The molecule has 1 aromatic rings. The van der Waals surface area contributed by atoms with Crippen LogP contribution >= 0.6 is 0 Å². The maximum absolute atomic E-state index is 11.4. The fourth-order valence-electron chi connectivity index (χ4n) is 1.79. The van der Waals surface area contributed by atoms with Gasteiger partial charge in [-0.05, 0) is 6.07 Å². The lowest BCUT2D eigenvalue weighted by Gasteiger charge is -2.33. The Morgan fingerprint density at radius 1 is 1.71 bits per heavy atom. The van der Waals surface area contributed by atoms with E-state index in [2.05, 4.69) is 9.72 Å². The van der Waals surface area contributed by atoms with Gasteiger partial charge in [0.1, 0.15) is 5.82 Å². The third kappa shape index (κ3) is 2.65. The molecular weight excluding hydrogens is 222 g/mol. The Bertz CT molecular complexity index is 411. The van der Waals surface area contributed by atoms with Crippen molar-refractivity contribution in [3.05, 3.63) is 18.3 Å². The predicted octanol–water partition coefficient (Wildman–Crippen LogP) is 0.0420. The number of hydrogen-bond acceptors (Lipinski definition) is 6. The number of nitrogens with zero attached hydrogens (tertiary/aromatic N) is 2. The highest BCUT2D eigenvalue weighted by molar-refractivity contribution is 5.75. The lowest BCUT2D eigenvalue weighted by Crippen LogP contribution is -2.46. The molecule has 1 aliphatic rings. The maximum Gasteiger partial charge on any atom is 0.336 e. The highest BCUT2D eigenvalue weighted by Gasteiger charge is 2.27. The summed E-state index contributed by atoms with van der Waals surface area (Å²) < 4.78 is 10.0. The zero-order valence-corrected chi connectivity index (χ0v) is 9.63. The molecule has 6 heteroatoms. The highest BCUT2D eigenvalue weighted by atomic mass is 16.6. The topological polar surface area (TPSA) is 77.7 Å². The van der Waals surface area contributed by atoms with Gasteiger partial charge in [0.05, 0.1) is 20.3 Å². The summed E-state index contributed by atoms with van der Waals surface area (Å²) in [6, 6.07) is 3.63. The minimum atomic E-state index is -0.539. The van der Waals surface area contributed by atoms with Crippen LogP contribution in [0.15, 0.2) is 18.3 Å². The number of carbonyl (C=O) groups is 1. The number of hydrogen-bond donors (Lipinski definition) is 1. The minimum Gasteiger partial charge on any atom is -0.467 e. The number of ether oxygens (including phenoxy) is 2. The number of methoxy groups -OCH3 is 1. The van der Waals surface area contributed by atoms with Gasteiger partial charge in [-0.1, -0.05) is 0 Å². The minimum absolute atomic E-state index is 0.350. The van der Waals surface area contributed by atoms with Crippen LogP contribution in [0.5, 0.6) is 0 Å². The summed E-state index contributed by atoms with van der Waals surface area (Å²) >= 11 is 0. The summed E-state index contributed by atoms with van der Waals surface area (Å²) in [6.07, 6.45) is 1.11. The number of nitrogen functional groups attached to an aromatic ring is 1. The molecule has 1 saturated heterocycles. The van der Waals surface area contributed by atoms with Gasteiger partial charge < -0.3 is 20.1 Å². The molecule has 2 heterocycles. The molecule has 0 aromatic carbocycles. The first-order valence-corrected chi connectivity index (χ1v) is 5.36. The van der Waals surface area contributed by atoms with E-state index in [9.17, 15) is 4.79 Å². The largest absolute Gasteiger partial charge is 0.467 e. The lowest BCUT2D eigenvalue weighted by molar-refractivity contribution is -0.154. The van der Waals surface area contributed by atoms with Crippen molar-refractivity contribution in [2.45, 2.75) is 6.10 Å². The molecule has 2 N–H and O–H groups in total. The summed E-state index contributed by atoms with van der Waals surface area (Å²) in [5.74, 6) is 0.111. The average Bonchev–Trinajstić information content (AvgIpc) is 2.38. The molecule has 0 radical (unpaired) electrons. The van der Waals surface area contributed by atoms with Gasteiger partial charge in [-0.2, -0.15) is 0 Å². The summed E-state index contributed by atoms with van der Waals surface area (Å²) in [5.41, 5.74) is 6.56. The summed E-state index contributed by atoms with van der Waals surface area (Å²) in [6.45, 7) is 1.68. The van der Waals surface area contributed by atoms with Crippen molar-refractivity contribution in [1.29, 1.82) is 0 Å². The Balaban J connectivity index is 2.09. The van der Waals surface area contributed by atoms with Crippen molar-refractivity contribution in [2.75, 3.05) is 37.4 Å². The van der Waals surface area contributed by atoms with Crippen molar-refractivity contribution in [3.8, 4) is 0 Å². The molecule has 1 unspecified atom stereocenters. The van der Waals surface area contributed by atoms with Gasteiger partial charge in [0, 0.05) is 24.5 Å².